The molecular weight excluding hydrogens is 460 g/mol. The zero-order valence-corrected chi connectivity index (χ0v) is 20.7. The van der Waals surface area contributed by atoms with Crippen LogP contribution in [0.5, 0.6) is 5.75 Å². The highest BCUT2D eigenvalue weighted by Crippen LogP contribution is 2.26. The first-order chi connectivity index (χ1) is 15.4. The number of sulfone groups is 1. The second-order valence-electron chi connectivity index (χ2n) is 8.36. The van der Waals surface area contributed by atoms with Crippen LogP contribution in [0, 0.1) is 0 Å². The number of benzene rings is 2. The first kappa shape index (κ1) is 25.1. The van der Waals surface area contributed by atoms with Gasteiger partial charge in [-0.15, -0.1) is 12.4 Å². The third-order valence-electron chi connectivity index (χ3n) is 5.68. The van der Waals surface area contributed by atoms with Crippen LogP contribution in [0.2, 0.25) is 0 Å². The van der Waals surface area contributed by atoms with Crippen molar-refractivity contribution in [3.8, 4) is 5.75 Å². The maximum absolute atomic E-state index is 11.5. The molecule has 4 rings (SSSR count). The molecule has 2 heterocycles. The van der Waals surface area contributed by atoms with Crippen LogP contribution in [0.4, 0.5) is 5.69 Å². The second kappa shape index (κ2) is 11.1. The van der Waals surface area contributed by atoms with Crippen LogP contribution in [-0.4, -0.2) is 65.2 Å². The van der Waals surface area contributed by atoms with E-state index in [-0.39, 0.29) is 23.9 Å². The van der Waals surface area contributed by atoms with E-state index in [2.05, 4.69) is 34.1 Å². The van der Waals surface area contributed by atoms with Crippen LogP contribution in [0.25, 0.3) is 23.1 Å². The quantitative estimate of drug-likeness (QED) is 0.430. The van der Waals surface area contributed by atoms with E-state index in [1.54, 1.807) is 0 Å². The molecule has 0 aliphatic carbocycles. The van der Waals surface area contributed by atoms with Gasteiger partial charge in [0.1, 0.15) is 17.1 Å². The first-order valence-electron chi connectivity index (χ1n) is 10.9. The van der Waals surface area contributed by atoms with Crippen molar-refractivity contribution in [3.05, 3.63) is 59.9 Å². The van der Waals surface area contributed by atoms with Gasteiger partial charge in [0.25, 0.3) is 0 Å². The lowest BCUT2D eigenvalue weighted by Gasteiger charge is -2.26. The summed E-state index contributed by atoms with van der Waals surface area (Å²) in [5.41, 5.74) is 3.08. The van der Waals surface area contributed by atoms with Crippen LogP contribution in [0.3, 0.4) is 0 Å². The van der Waals surface area contributed by atoms with E-state index in [1.807, 2.05) is 50.5 Å². The maximum atomic E-state index is 11.5. The molecule has 33 heavy (non-hydrogen) atoms. The van der Waals surface area contributed by atoms with Gasteiger partial charge in [-0.25, -0.2) is 8.42 Å². The molecule has 0 amide bonds. The van der Waals surface area contributed by atoms with Crippen molar-refractivity contribution in [3.63, 3.8) is 0 Å². The molecule has 8 heteroatoms. The van der Waals surface area contributed by atoms with E-state index >= 15 is 0 Å². The molecule has 3 aromatic rings. The van der Waals surface area contributed by atoms with Gasteiger partial charge in [-0.3, -0.25) is 0 Å². The van der Waals surface area contributed by atoms with E-state index in [0.717, 1.165) is 41.0 Å². The van der Waals surface area contributed by atoms with E-state index in [4.69, 9.17) is 9.15 Å². The van der Waals surface area contributed by atoms with E-state index in [9.17, 15) is 8.42 Å². The molecule has 0 N–H and O–H groups in total. The summed E-state index contributed by atoms with van der Waals surface area (Å²) < 4.78 is 34.9. The van der Waals surface area contributed by atoms with Crippen molar-refractivity contribution < 1.29 is 17.6 Å². The van der Waals surface area contributed by atoms with Crippen LogP contribution in [-0.2, 0) is 9.84 Å². The number of hydrogen-bond donors (Lipinski definition) is 0. The Morgan fingerprint density at radius 2 is 1.76 bits per heavy atom. The van der Waals surface area contributed by atoms with Crippen molar-refractivity contribution in [2.24, 2.45) is 0 Å². The molecule has 1 fully saturated rings. The minimum Gasteiger partial charge on any atom is -0.493 e. The Morgan fingerprint density at radius 1 is 1.03 bits per heavy atom. The van der Waals surface area contributed by atoms with Crippen molar-refractivity contribution in [1.29, 1.82) is 0 Å². The smallest absolute Gasteiger partial charge is 0.152 e. The Balaban J connectivity index is 0.00000306. The number of hydrogen-bond acceptors (Lipinski definition) is 6. The fraction of sp³-hybridized carbons (Fsp3) is 0.360. The maximum Gasteiger partial charge on any atom is 0.152 e. The molecule has 0 spiro atoms. The molecule has 1 aliphatic rings. The Hall–Kier alpha value is -2.48. The summed E-state index contributed by atoms with van der Waals surface area (Å²) >= 11 is 0. The predicted molar refractivity (Wildman–Crippen MR) is 138 cm³/mol. The molecule has 0 saturated carbocycles. The molecule has 0 unspecified atom stereocenters. The van der Waals surface area contributed by atoms with E-state index in [0.29, 0.717) is 19.7 Å². The van der Waals surface area contributed by atoms with Gasteiger partial charge in [0.15, 0.2) is 9.84 Å². The summed E-state index contributed by atoms with van der Waals surface area (Å²) in [5, 5.41) is 1.04. The molecule has 1 aromatic heterocycles. The fourth-order valence-electron chi connectivity index (χ4n) is 3.72. The van der Waals surface area contributed by atoms with Gasteiger partial charge in [0.2, 0.25) is 0 Å². The minimum absolute atomic E-state index is 0. The zero-order chi connectivity index (χ0) is 22.6. The number of fused-ring (bicyclic) bond motifs is 1. The summed E-state index contributed by atoms with van der Waals surface area (Å²) in [6, 6.07) is 16.3. The van der Waals surface area contributed by atoms with Crippen molar-refractivity contribution in [2.75, 3.05) is 56.7 Å². The van der Waals surface area contributed by atoms with Gasteiger partial charge in [0.05, 0.1) is 18.1 Å². The highest BCUT2D eigenvalue weighted by molar-refractivity contribution is 7.91. The number of nitrogens with zero attached hydrogens (tertiary/aromatic N) is 2. The first-order valence-corrected chi connectivity index (χ1v) is 12.7. The number of halogens is 1. The van der Waals surface area contributed by atoms with Crippen LogP contribution in [0.1, 0.15) is 17.7 Å². The van der Waals surface area contributed by atoms with Crippen molar-refractivity contribution >= 4 is 51.1 Å². The third kappa shape index (κ3) is 7.00. The molecule has 2 aromatic carbocycles. The predicted octanol–water partition coefficient (Wildman–Crippen LogP) is 4.59. The largest absolute Gasteiger partial charge is 0.493 e. The topological polar surface area (TPSA) is 63.0 Å². The van der Waals surface area contributed by atoms with Crippen molar-refractivity contribution in [1.82, 2.24) is 4.90 Å². The van der Waals surface area contributed by atoms with Gasteiger partial charge >= 0.3 is 0 Å². The Kier molecular flexibility index (Phi) is 8.46. The summed E-state index contributed by atoms with van der Waals surface area (Å²) in [5.74, 6) is 2.11. The molecule has 0 bridgehead atoms. The number of anilines is 1. The lowest BCUT2D eigenvalue weighted by atomic mass is 10.1. The van der Waals surface area contributed by atoms with Gasteiger partial charge in [0, 0.05) is 50.9 Å². The summed E-state index contributed by atoms with van der Waals surface area (Å²) in [4.78, 5) is 4.26. The van der Waals surface area contributed by atoms with Gasteiger partial charge in [-0.2, -0.15) is 0 Å². The molecule has 0 radical (unpaired) electrons. The fourth-order valence-corrected chi connectivity index (χ4v) is 4.99. The Bertz CT molecular complexity index is 1170. The van der Waals surface area contributed by atoms with Gasteiger partial charge < -0.3 is 19.0 Å². The van der Waals surface area contributed by atoms with Crippen LogP contribution in [0.15, 0.2) is 52.9 Å². The number of furan rings is 1. The molecular formula is C25H31ClN2O4S. The van der Waals surface area contributed by atoms with Gasteiger partial charge in [-0.1, -0.05) is 18.2 Å². The second-order valence-corrected chi connectivity index (χ2v) is 10.7. The van der Waals surface area contributed by atoms with Crippen LogP contribution < -0.4 is 9.64 Å². The lowest BCUT2D eigenvalue weighted by Crippen LogP contribution is -2.40. The molecule has 0 atom stereocenters. The average Bonchev–Trinajstić information content (AvgIpc) is 3.19. The molecule has 178 valence electrons. The highest BCUT2D eigenvalue weighted by Gasteiger charge is 2.20. The molecule has 1 aliphatic heterocycles. The van der Waals surface area contributed by atoms with Crippen LogP contribution >= 0.6 is 12.4 Å². The SMILES string of the molecule is CN(C)c1ccc(/C=C/c2cc3ccc(OCCCN4CCS(=O)(=O)CC4)cc3o2)cc1.Cl. The van der Waals surface area contributed by atoms with Gasteiger partial charge in [-0.05, 0) is 48.4 Å². The summed E-state index contributed by atoms with van der Waals surface area (Å²) in [6.45, 7) is 2.68. The lowest BCUT2D eigenvalue weighted by molar-refractivity contribution is 0.246. The molecule has 6 nitrogen and oxygen atoms in total. The summed E-state index contributed by atoms with van der Waals surface area (Å²) in [7, 11) is 1.23. The monoisotopic (exact) mass is 490 g/mol. The van der Waals surface area contributed by atoms with E-state index < -0.39 is 9.84 Å². The minimum atomic E-state index is -2.82. The average molecular weight is 491 g/mol. The standard InChI is InChI=1S/C25H30N2O4S.ClH/c1-26(2)22-8-4-20(5-9-22)6-10-24-18-21-7-11-23(19-25(21)31-24)30-15-3-12-27-13-16-32(28,29)17-14-27;/h4-11,18-19H,3,12-17H2,1-2H3;1H/b10-6+;. The van der Waals surface area contributed by atoms with E-state index in [1.165, 1.54) is 5.69 Å². The third-order valence-corrected chi connectivity index (χ3v) is 7.29. The van der Waals surface area contributed by atoms with Crippen molar-refractivity contribution in [2.45, 2.75) is 6.42 Å². The zero-order valence-electron chi connectivity index (χ0n) is 19.1. The Labute approximate surface area is 202 Å². The molecule has 1 saturated heterocycles. The number of rotatable bonds is 8. The normalized spacial score (nSPS) is 16.1. The summed E-state index contributed by atoms with van der Waals surface area (Å²) in [6.07, 6.45) is 4.88. The number of ether oxygens (including phenoxy) is 1. The Morgan fingerprint density at radius 3 is 2.45 bits per heavy atom. The highest BCUT2D eigenvalue weighted by atomic mass is 35.5.